The van der Waals surface area contributed by atoms with E-state index in [9.17, 15) is 18.0 Å². The van der Waals surface area contributed by atoms with Gasteiger partial charge in [0.05, 0.1) is 5.92 Å². The number of halogens is 3. The summed E-state index contributed by atoms with van der Waals surface area (Å²) >= 11 is 0. The number of amides is 1. The zero-order chi connectivity index (χ0) is 18.7. The maximum Gasteiger partial charge on any atom is 0.410 e. The number of hydrogen-bond acceptors (Lipinski definition) is 3. The molecule has 0 bridgehead atoms. The minimum Gasteiger partial charge on any atom is -0.444 e. The van der Waals surface area contributed by atoms with Gasteiger partial charge >= 0.3 is 12.3 Å². The van der Waals surface area contributed by atoms with Crippen LogP contribution >= 0.6 is 0 Å². The van der Waals surface area contributed by atoms with E-state index in [0.717, 1.165) is 25.7 Å². The Hall–Kier alpha value is -0.980. The molecule has 1 aliphatic carbocycles. The molecular formula is C18H31F3N2O2. The van der Waals surface area contributed by atoms with Crippen molar-refractivity contribution in [1.29, 1.82) is 0 Å². The second-order valence-electron chi connectivity index (χ2n) is 8.27. The van der Waals surface area contributed by atoms with Crippen LogP contribution in [0, 0.1) is 5.92 Å². The van der Waals surface area contributed by atoms with Crippen LogP contribution in [0.4, 0.5) is 18.0 Å². The van der Waals surface area contributed by atoms with Gasteiger partial charge in [0.2, 0.25) is 0 Å². The molecule has 0 aromatic rings. The number of alkyl halides is 3. The standard InChI is InChI=1S/C18H31F3N2O2/c1-17(2,3)25-16(24)23-11-7-6-8-13(23)12-22-15-10-5-4-9-14(15)18(19,20)21/h13-15,22H,4-12H2,1-3H3. The first-order valence-corrected chi connectivity index (χ1v) is 9.37. The van der Waals surface area contributed by atoms with Crippen molar-refractivity contribution in [1.82, 2.24) is 10.2 Å². The Balaban J connectivity index is 1.95. The van der Waals surface area contributed by atoms with Gasteiger partial charge in [-0.15, -0.1) is 0 Å². The minimum atomic E-state index is -4.16. The molecule has 2 aliphatic rings. The summed E-state index contributed by atoms with van der Waals surface area (Å²) in [4.78, 5) is 14.1. The van der Waals surface area contributed by atoms with Gasteiger partial charge in [0.15, 0.2) is 0 Å². The summed E-state index contributed by atoms with van der Waals surface area (Å²) in [6, 6.07) is -0.643. The Morgan fingerprint density at radius 2 is 1.72 bits per heavy atom. The SMILES string of the molecule is CC(C)(C)OC(=O)N1CCCCC1CNC1CCCCC1C(F)(F)F. The summed E-state index contributed by atoms with van der Waals surface area (Å²) in [5.74, 6) is -1.28. The molecule has 1 aliphatic heterocycles. The Kier molecular flexibility index (Phi) is 6.62. The van der Waals surface area contributed by atoms with Crippen molar-refractivity contribution in [2.45, 2.75) is 89.6 Å². The molecule has 1 amide bonds. The summed E-state index contributed by atoms with van der Waals surface area (Å²) in [6.07, 6.45) is 0.370. The van der Waals surface area contributed by atoms with Crippen molar-refractivity contribution in [2.24, 2.45) is 5.92 Å². The lowest BCUT2D eigenvalue weighted by molar-refractivity contribution is -0.189. The van der Waals surface area contributed by atoms with Crippen LogP contribution in [0.2, 0.25) is 0 Å². The molecule has 25 heavy (non-hydrogen) atoms. The first kappa shape index (κ1) is 20.3. The van der Waals surface area contributed by atoms with Gasteiger partial charge in [-0.1, -0.05) is 12.8 Å². The van der Waals surface area contributed by atoms with Crippen LogP contribution in [0.1, 0.15) is 65.7 Å². The first-order chi connectivity index (χ1) is 11.6. The average molecular weight is 364 g/mol. The molecule has 1 saturated heterocycles. The zero-order valence-corrected chi connectivity index (χ0v) is 15.5. The van der Waals surface area contributed by atoms with E-state index in [0.29, 0.717) is 25.9 Å². The summed E-state index contributed by atoms with van der Waals surface area (Å²) in [7, 11) is 0. The highest BCUT2D eigenvalue weighted by atomic mass is 19.4. The van der Waals surface area contributed by atoms with Gasteiger partial charge in [-0.3, -0.25) is 0 Å². The maximum atomic E-state index is 13.2. The fraction of sp³-hybridized carbons (Fsp3) is 0.944. The van der Waals surface area contributed by atoms with E-state index >= 15 is 0 Å². The van der Waals surface area contributed by atoms with E-state index in [1.807, 2.05) is 20.8 Å². The first-order valence-electron chi connectivity index (χ1n) is 9.37. The van der Waals surface area contributed by atoms with Crippen LogP contribution in [0.5, 0.6) is 0 Å². The lowest BCUT2D eigenvalue weighted by atomic mass is 9.83. The number of ether oxygens (including phenoxy) is 1. The highest BCUT2D eigenvalue weighted by molar-refractivity contribution is 5.68. The van der Waals surface area contributed by atoms with Crippen molar-refractivity contribution in [3.63, 3.8) is 0 Å². The zero-order valence-electron chi connectivity index (χ0n) is 15.5. The fourth-order valence-electron chi connectivity index (χ4n) is 3.83. The van der Waals surface area contributed by atoms with Crippen LogP contribution in [0.25, 0.3) is 0 Å². The van der Waals surface area contributed by atoms with E-state index in [1.54, 1.807) is 4.90 Å². The number of likely N-dealkylation sites (tertiary alicyclic amines) is 1. The minimum absolute atomic E-state index is 0.0978. The molecule has 1 heterocycles. The van der Waals surface area contributed by atoms with Crippen molar-refractivity contribution >= 4 is 6.09 Å². The third-order valence-electron chi connectivity index (χ3n) is 5.06. The Morgan fingerprint density at radius 3 is 2.36 bits per heavy atom. The highest BCUT2D eigenvalue weighted by Gasteiger charge is 2.45. The molecule has 4 nitrogen and oxygen atoms in total. The van der Waals surface area contributed by atoms with Gasteiger partial charge in [-0.25, -0.2) is 4.79 Å². The summed E-state index contributed by atoms with van der Waals surface area (Å²) < 4.78 is 45.1. The van der Waals surface area contributed by atoms with E-state index in [-0.39, 0.29) is 18.6 Å². The average Bonchev–Trinajstić information content (AvgIpc) is 2.51. The number of nitrogens with zero attached hydrogens (tertiary/aromatic N) is 1. The molecule has 1 saturated carbocycles. The fourth-order valence-corrected chi connectivity index (χ4v) is 3.83. The molecule has 2 rings (SSSR count). The predicted octanol–water partition coefficient (Wildman–Crippen LogP) is 4.49. The Morgan fingerprint density at radius 1 is 1.08 bits per heavy atom. The number of carbonyl (C=O) groups is 1. The van der Waals surface area contributed by atoms with Gasteiger partial charge in [0.25, 0.3) is 0 Å². The molecule has 7 heteroatoms. The molecule has 3 unspecified atom stereocenters. The molecule has 0 aromatic heterocycles. The topological polar surface area (TPSA) is 41.6 Å². The molecule has 1 N–H and O–H groups in total. The number of carbonyl (C=O) groups excluding carboxylic acids is 1. The lowest BCUT2D eigenvalue weighted by Crippen LogP contribution is -2.53. The summed E-state index contributed by atoms with van der Waals surface area (Å²) in [5.41, 5.74) is -0.572. The van der Waals surface area contributed by atoms with Gasteiger partial charge < -0.3 is 15.0 Å². The molecular weight excluding hydrogens is 333 g/mol. The van der Waals surface area contributed by atoms with E-state index in [1.165, 1.54) is 0 Å². The normalized spacial score (nSPS) is 28.7. The van der Waals surface area contributed by atoms with Crippen LogP contribution in [-0.4, -0.2) is 47.9 Å². The van der Waals surface area contributed by atoms with E-state index < -0.39 is 23.7 Å². The molecule has 0 aromatic carbocycles. The molecule has 0 radical (unpaired) electrons. The number of nitrogens with one attached hydrogen (secondary N) is 1. The van der Waals surface area contributed by atoms with Gasteiger partial charge in [0.1, 0.15) is 5.60 Å². The van der Waals surface area contributed by atoms with Gasteiger partial charge in [-0.2, -0.15) is 13.2 Å². The van der Waals surface area contributed by atoms with Crippen LogP contribution in [0.15, 0.2) is 0 Å². The quantitative estimate of drug-likeness (QED) is 0.802. The summed E-state index contributed by atoms with van der Waals surface area (Å²) in [6.45, 7) is 6.46. The largest absolute Gasteiger partial charge is 0.444 e. The second kappa shape index (κ2) is 8.14. The Labute approximate surface area is 148 Å². The number of rotatable bonds is 3. The van der Waals surface area contributed by atoms with Crippen molar-refractivity contribution < 1.29 is 22.7 Å². The van der Waals surface area contributed by atoms with Crippen LogP contribution < -0.4 is 5.32 Å². The smallest absolute Gasteiger partial charge is 0.410 e. The molecule has 0 spiro atoms. The number of piperidine rings is 1. The molecule has 2 fully saturated rings. The Bertz CT molecular complexity index is 449. The van der Waals surface area contributed by atoms with Gasteiger partial charge in [0, 0.05) is 25.2 Å². The number of hydrogen-bond donors (Lipinski definition) is 1. The predicted molar refractivity (Wildman–Crippen MR) is 90.4 cm³/mol. The van der Waals surface area contributed by atoms with Crippen LogP contribution in [-0.2, 0) is 4.74 Å². The van der Waals surface area contributed by atoms with Crippen molar-refractivity contribution in [3.8, 4) is 0 Å². The highest BCUT2D eigenvalue weighted by Crippen LogP contribution is 2.37. The third kappa shape index (κ3) is 6.04. The van der Waals surface area contributed by atoms with Crippen molar-refractivity contribution in [3.05, 3.63) is 0 Å². The third-order valence-corrected chi connectivity index (χ3v) is 5.06. The summed E-state index contributed by atoms with van der Waals surface area (Å²) in [5, 5.41) is 3.13. The van der Waals surface area contributed by atoms with Gasteiger partial charge in [-0.05, 0) is 52.9 Å². The van der Waals surface area contributed by atoms with Crippen molar-refractivity contribution in [2.75, 3.05) is 13.1 Å². The molecule has 146 valence electrons. The monoisotopic (exact) mass is 364 g/mol. The lowest BCUT2D eigenvalue weighted by Gasteiger charge is -2.39. The maximum absolute atomic E-state index is 13.2. The molecule has 3 atom stereocenters. The van der Waals surface area contributed by atoms with E-state index in [4.69, 9.17) is 4.74 Å². The van der Waals surface area contributed by atoms with Crippen LogP contribution in [0.3, 0.4) is 0 Å². The van der Waals surface area contributed by atoms with E-state index in [2.05, 4.69) is 5.32 Å². The second-order valence-corrected chi connectivity index (χ2v) is 8.27.